The van der Waals surface area contributed by atoms with Gasteiger partial charge >= 0.3 is 0 Å². The van der Waals surface area contributed by atoms with E-state index >= 15 is 0 Å². The monoisotopic (exact) mass is 506 g/mol. The number of benzene rings is 3. The van der Waals surface area contributed by atoms with Crippen molar-refractivity contribution in [2.75, 3.05) is 0 Å². The van der Waals surface area contributed by atoms with Crippen molar-refractivity contribution in [3.05, 3.63) is 106 Å². The minimum atomic E-state index is -0.279. The summed E-state index contributed by atoms with van der Waals surface area (Å²) in [6, 6.07) is 20.2. The Bertz CT molecular complexity index is 1620. The van der Waals surface area contributed by atoms with E-state index in [-0.39, 0.29) is 11.4 Å². The van der Waals surface area contributed by atoms with Gasteiger partial charge < -0.3 is 4.98 Å². The first-order valence-corrected chi connectivity index (χ1v) is 13.6. The molecule has 3 heterocycles. The number of H-pyrrole nitrogens is 1. The predicted octanol–water partition coefficient (Wildman–Crippen LogP) is 7.84. The third-order valence-corrected chi connectivity index (χ3v) is 8.35. The van der Waals surface area contributed by atoms with Crippen molar-refractivity contribution in [3.63, 3.8) is 0 Å². The summed E-state index contributed by atoms with van der Waals surface area (Å²) in [5.41, 5.74) is 11.8. The van der Waals surface area contributed by atoms with Gasteiger partial charge in [-0.3, -0.25) is 4.90 Å². The van der Waals surface area contributed by atoms with Crippen molar-refractivity contribution in [1.29, 1.82) is 0 Å². The molecule has 38 heavy (non-hydrogen) atoms. The Balaban J connectivity index is 1.59. The molecule has 0 saturated heterocycles. The van der Waals surface area contributed by atoms with Crippen molar-refractivity contribution in [2.24, 2.45) is 0 Å². The molecule has 5 aromatic rings. The summed E-state index contributed by atoms with van der Waals surface area (Å²) < 4.78 is 15.8. The maximum Gasteiger partial charge on any atom is 0.123 e. The lowest BCUT2D eigenvalue weighted by Crippen LogP contribution is -2.35. The average Bonchev–Trinajstić information content (AvgIpc) is 3.61. The molecule has 4 nitrogen and oxygen atoms in total. The van der Waals surface area contributed by atoms with Crippen molar-refractivity contribution in [1.82, 2.24) is 19.7 Å². The molecule has 1 N–H and O–H groups in total. The molecule has 0 radical (unpaired) electrons. The van der Waals surface area contributed by atoms with E-state index in [2.05, 4.69) is 85.6 Å². The van der Waals surface area contributed by atoms with Crippen LogP contribution in [0.15, 0.2) is 66.9 Å². The topological polar surface area (TPSA) is 36.9 Å². The highest BCUT2D eigenvalue weighted by Gasteiger charge is 2.43. The Morgan fingerprint density at radius 2 is 1.66 bits per heavy atom. The van der Waals surface area contributed by atoms with Gasteiger partial charge in [-0.2, -0.15) is 5.10 Å². The Hall–Kier alpha value is -3.70. The molecule has 0 unspecified atom stereocenters. The van der Waals surface area contributed by atoms with E-state index in [0.29, 0.717) is 0 Å². The van der Waals surface area contributed by atoms with Gasteiger partial charge in [0.2, 0.25) is 0 Å². The van der Waals surface area contributed by atoms with Crippen LogP contribution in [-0.2, 0) is 31.5 Å². The molecule has 0 saturated carbocycles. The van der Waals surface area contributed by atoms with E-state index in [0.717, 1.165) is 37.2 Å². The molecule has 1 aliphatic heterocycles. The zero-order valence-electron chi connectivity index (χ0n) is 22.9. The number of nitrogens with zero attached hydrogens (tertiary/aromatic N) is 3. The van der Waals surface area contributed by atoms with Gasteiger partial charge in [-0.15, -0.1) is 0 Å². The second kappa shape index (κ2) is 9.25. The van der Waals surface area contributed by atoms with Crippen molar-refractivity contribution >= 4 is 10.9 Å². The quantitative estimate of drug-likeness (QED) is 0.255. The van der Waals surface area contributed by atoms with Crippen molar-refractivity contribution in [3.8, 4) is 16.9 Å². The molecular formula is C33H35FN4. The summed E-state index contributed by atoms with van der Waals surface area (Å²) in [4.78, 5) is 5.91. The number of aromatic nitrogens is 3. The molecule has 6 rings (SSSR count). The predicted molar refractivity (Wildman–Crippen MR) is 153 cm³/mol. The van der Waals surface area contributed by atoms with Crippen LogP contribution in [0.4, 0.5) is 4.39 Å². The number of para-hydroxylation sites is 1. The Kier molecular flexibility index (Phi) is 5.99. The van der Waals surface area contributed by atoms with Gasteiger partial charge in [0.1, 0.15) is 5.82 Å². The number of nitrogens with one attached hydrogen (secondary N) is 1. The maximum absolute atomic E-state index is 13.6. The molecule has 5 heteroatoms. The lowest BCUT2D eigenvalue weighted by molar-refractivity contribution is 0.123. The fourth-order valence-corrected chi connectivity index (χ4v) is 6.13. The van der Waals surface area contributed by atoms with Crippen LogP contribution in [-0.4, -0.2) is 19.7 Å². The molecule has 194 valence electrons. The highest BCUT2D eigenvalue weighted by molar-refractivity contribution is 5.97. The summed E-state index contributed by atoms with van der Waals surface area (Å²) in [5, 5.41) is 6.65. The summed E-state index contributed by atoms with van der Waals surface area (Å²) in [6.45, 7) is 12.6. The van der Waals surface area contributed by atoms with Crippen LogP contribution in [0.1, 0.15) is 61.2 Å². The van der Waals surface area contributed by atoms with Crippen molar-refractivity contribution in [2.45, 2.75) is 66.1 Å². The van der Waals surface area contributed by atoms with E-state index in [9.17, 15) is 4.39 Å². The first-order valence-electron chi connectivity index (χ1n) is 13.6. The van der Waals surface area contributed by atoms with E-state index in [1.165, 1.54) is 50.1 Å². The first-order chi connectivity index (χ1) is 18.3. The van der Waals surface area contributed by atoms with Crippen LogP contribution in [0.25, 0.3) is 27.8 Å². The van der Waals surface area contributed by atoms with Crippen LogP contribution < -0.4 is 0 Å². The van der Waals surface area contributed by atoms with Gasteiger partial charge in [-0.05, 0) is 74.1 Å². The normalized spacial score (nSPS) is 14.9. The lowest BCUT2D eigenvalue weighted by atomic mass is 9.96. The zero-order chi connectivity index (χ0) is 26.6. The fraction of sp³-hybridized carbons (Fsp3) is 0.303. The third-order valence-electron chi connectivity index (χ3n) is 8.35. The molecule has 0 aliphatic carbocycles. The first kappa shape index (κ1) is 24.6. The molecule has 2 aromatic heterocycles. The molecule has 1 aliphatic rings. The van der Waals surface area contributed by atoms with Gasteiger partial charge in [-0.1, -0.05) is 56.3 Å². The second-order valence-electron chi connectivity index (χ2n) is 11.0. The Morgan fingerprint density at radius 1 is 0.947 bits per heavy atom. The number of fused-ring (bicyclic) bond motifs is 2. The molecule has 0 atom stereocenters. The van der Waals surface area contributed by atoms with E-state index < -0.39 is 0 Å². The second-order valence-corrected chi connectivity index (χ2v) is 11.0. The Morgan fingerprint density at radius 3 is 2.34 bits per heavy atom. The van der Waals surface area contributed by atoms with Gasteiger partial charge in [0.05, 0.1) is 22.6 Å². The van der Waals surface area contributed by atoms with Gasteiger partial charge in [0, 0.05) is 41.3 Å². The number of aromatic amines is 1. The molecule has 0 spiro atoms. The minimum absolute atomic E-state index is 0.201. The number of hydrogen-bond acceptors (Lipinski definition) is 2. The van der Waals surface area contributed by atoms with Crippen LogP contribution in [0.5, 0.6) is 0 Å². The molecule has 0 bridgehead atoms. The average molecular weight is 507 g/mol. The fourth-order valence-electron chi connectivity index (χ4n) is 6.13. The van der Waals surface area contributed by atoms with Crippen molar-refractivity contribution < 1.29 is 4.39 Å². The highest BCUT2D eigenvalue weighted by Crippen LogP contribution is 2.46. The molecule has 0 fully saturated rings. The van der Waals surface area contributed by atoms with Gasteiger partial charge in [0.25, 0.3) is 0 Å². The lowest BCUT2D eigenvalue weighted by Gasteiger charge is -2.32. The minimum Gasteiger partial charge on any atom is -0.361 e. The van der Waals surface area contributed by atoms with Crippen LogP contribution >= 0.6 is 0 Å². The largest absolute Gasteiger partial charge is 0.361 e. The number of hydrogen-bond donors (Lipinski definition) is 1. The molecule has 3 aromatic carbocycles. The third kappa shape index (κ3) is 3.80. The molecule has 0 amide bonds. The number of aryl methyl sites for hydroxylation is 3. The number of rotatable bonds is 6. The Labute approximate surface area is 224 Å². The van der Waals surface area contributed by atoms with Gasteiger partial charge in [0.15, 0.2) is 0 Å². The standard InChI is InChI=1S/C33H35FN4/c1-6-23-9-8-10-24(7-2)30(23)38-31(27-16-11-21(3)29-26(27)17-18-35-29)28-20-37(33(4,5)32(28)36-38)19-22-12-14-25(34)15-13-22/h8-18,35H,6-7,19-20H2,1-5H3. The zero-order valence-corrected chi connectivity index (χ0v) is 22.9. The van der Waals surface area contributed by atoms with Crippen LogP contribution in [0.2, 0.25) is 0 Å². The summed E-state index contributed by atoms with van der Waals surface area (Å²) in [5.74, 6) is -0.201. The van der Waals surface area contributed by atoms with E-state index in [4.69, 9.17) is 5.10 Å². The summed E-state index contributed by atoms with van der Waals surface area (Å²) >= 11 is 0. The van der Waals surface area contributed by atoms with Crippen LogP contribution in [0.3, 0.4) is 0 Å². The van der Waals surface area contributed by atoms with Gasteiger partial charge in [-0.25, -0.2) is 9.07 Å². The maximum atomic E-state index is 13.6. The van der Waals surface area contributed by atoms with Crippen LogP contribution in [0, 0.1) is 12.7 Å². The number of halogens is 1. The smallest absolute Gasteiger partial charge is 0.123 e. The summed E-state index contributed by atoms with van der Waals surface area (Å²) in [6.07, 6.45) is 3.92. The molecular weight excluding hydrogens is 471 g/mol. The van der Waals surface area contributed by atoms with E-state index in [1.54, 1.807) is 12.1 Å². The van der Waals surface area contributed by atoms with E-state index in [1.807, 2.05) is 18.3 Å². The SMILES string of the molecule is CCc1cccc(CC)c1-n1nc2c(c1-c1ccc(C)c3[nH]ccc13)CN(Cc1ccc(F)cc1)C2(C)C. The highest BCUT2D eigenvalue weighted by atomic mass is 19.1. The summed E-state index contributed by atoms with van der Waals surface area (Å²) in [7, 11) is 0.